The molecule has 2 aliphatic rings. The summed E-state index contributed by atoms with van der Waals surface area (Å²) < 4.78 is 26.6. The fourth-order valence-corrected chi connectivity index (χ4v) is 5.03. The molecule has 4 nitrogen and oxygen atoms in total. The van der Waals surface area contributed by atoms with Crippen molar-refractivity contribution in [1.29, 1.82) is 0 Å². The van der Waals surface area contributed by atoms with Gasteiger partial charge in [-0.25, -0.2) is 13.1 Å². The molecule has 0 heterocycles. The van der Waals surface area contributed by atoms with E-state index in [-0.39, 0.29) is 24.3 Å². The van der Waals surface area contributed by atoms with Crippen molar-refractivity contribution in [2.45, 2.75) is 45.1 Å². The van der Waals surface area contributed by atoms with Crippen LogP contribution in [0.3, 0.4) is 0 Å². The third kappa shape index (κ3) is 2.83. The second-order valence-corrected chi connectivity index (χ2v) is 7.37. The second-order valence-electron chi connectivity index (χ2n) is 5.50. The van der Waals surface area contributed by atoms with Crippen LogP contribution >= 0.6 is 0 Å². The van der Waals surface area contributed by atoms with Gasteiger partial charge >= 0.3 is 0 Å². The van der Waals surface area contributed by atoms with Gasteiger partial charge in [-0.1, -0.05) is 13.3 Å². The van der Waals surface area contributed by atoms with Gasteiger partial charge in [0.15, 0.2) is 0 Å². The molecule has 17 heavy (non-hydrogen) atoms. The maximum Gasteiger partial charge on any atom is 0.211 e. The topological polar surface area (TPSA) is 66.4 Å². The highest BCUT2D eigenvalue weighted by Crippen LogP contribution is 2.48. The molecule has 0 aliphatic heterocycles. The van der Waals surface area contributed by atoms with Crippen molar-refractivity contribution in [3.8, 4) is 0 Å². The molecular weight excluding hydrogens is 238 g/mol. The Bertz CT molecular complexity index is 355. The summed E-state index contributed by atoms with van der Waals surface area (Å²) in [6.07, 6.45) is 4.96. The number of sulfonamides is 1. The maximum absolute atomic E-state index is 11.9. The monoisotopic (exact) mass is 261 g/mol. The number of unbranched alkanes of at least 4 members (excludes halogenated alkanes) is 1. The third-order valence-corrected chi connectivity index (χ3v) is 5.84. The summed E-state index contributed by atoms with van der Waals surface area (Å²) in [6, 6.07) is -0.0133. The molecule has 4 atom stereocenters. The average Bonchev–Trinajstić information content (AvgIpc) is 2.86. The van der Waals surface area contributed by atoms with Gasteiger partial charge in [0.25, 0.3) is 0 Å². The van der Waals surface area contributed by atoms with Gasteiger partial charge in [0.05, 0.1) is 5.75 Å². The van der Waals surface area contributed by atoms with Crippen LogP contribution in [0.5, 0.6) is 0 Å². The van der Waals surface area contributed by atoms with Crippen LogP contribution in [0.4, 0.5) is 0 Å². The van der Waals surface area contributed by atoms with Gasteiger partial charge in [-0.3, -0.25) is 0 Å². The van der Waals surface area contributed by atoms with E-state index in [0.717, 1.165) is 25.7 Å². The summed E-state index contributed by atoms with van der Waals surface area (Å²) >= 11 is 0. The highest BCUT2D eigenvalue weighted by atomic mass is 32.2. The molecule has 0 aromatic heterocycles. The standard InChI is InChI=1S/C12H23NO3S/c1-2-3-6-17(15,16)13-12-10-5-4-9(7-10)11(12)8-14/h9-14H,2-8H2,1H3/t9-,10-,11-,12+/m1/s1. The van der Waals surface area contributed by atoms with Gasteiger partial charge in [0.1, 0.15) is 0 Å². The normalized spacial score (nSPS) is 36.6. The van der Waals surface area contributed by atoms with Crippen molar-refractivity contribution in [1.82, 2.24) is 4.72 Å². The Kier molecular flexibility index (Phi) is 4.10. The first-order valence-corrected chi connectivity index (χ1v) is 8.33. The highest BCUT2D eigenvalue weighted by Gasteiger charge is 2.48. The molecule has 2 saturated carbocycles. The van der Waals surface area contributed by atoms with E-state index in [4.69, 9.17) is 0 Å². The van der Waals surface area contributed by atoms with Gasteiger partial charge in [-0.05, 0) is 37.5 Å². The van der Waals surface area contributed by atoms with E-state index >= 15 is 0 Å². The van der Waals surface area contributed by atoms with E-state index in [1.54, 1.807) is 0 Å². The highest BCUT2D eigenvalue weighted by molar-refractivity contribution is 7.89. The summed E-state index contributed by atoms with van der Waals surface area (Å²) in [7, 11) is -3.15. The van der Waals surface area contributed by atoms with Gasteiger partial charge in [-0.15, -0.1) is 0 Å². The Morgan fingerprint density at radius 1 is 1.29 bits per heavy atom. The number of hydrogen-bond donors (Lipinski definition) is 2. The van der Waals surface area contributed by atoms with Gasteiger partial charge in [-0.2, -0.15) is 0 Å². The minimum Gasteiger partial charge on any atom is -0.396 e. The zero-order chi connectivity index (χ0) is 12.5. The number of rotatable bonds is 6. The van der Waals surface area contributed by atoms with Gasteiger partial charge in [0.2, 0.25) is 10.0 Å². The quantitative estimate of drug-likeness (QED) is 0.753. The van der Waals surface area contributed by atoms with Crippen molar-refractivity contribution in [2.75, 3.05) is 12.4 Å². The average molecular weight is 261 g/mol. The first-order valence-electron chi connectivity index (χ1n) is 6.68. The Hall–Kier alpha value is -0.130. The molecule has 0 aromatic rings. The number of hydrogen-bond acceptors (Lipinski definition) is 3. The molecule has 100 valence electrons. The smallest absolute Gasteiger partial charge is 0.211 e. The Balaban J connectivity index is 1.98. The van der Waals surface area contributed by atoms with Crippen LogP contribution in [0.1, 0.15) is 39.0 Å². The lowest BCUT2D eigenvalue weighted by molar-refractivity contribution is 0.153. The first-order chi connectivity index (χ1) is 8.07. The number of aliphatic hydroxyl groups excluding tert-OH is 1. The van der Waals surface area contributed by atoms with Crippen molar-refractivity contribution < 1.29 is 13.5 Å². The van der Waals surface area contributed by atoms with Crippen LogP contribution < -0.4 is 4.72 Å². The minimum atomic E-state index is -3.15. The molecule has 0 aromatic carbocycles. The lowest BCUT2D eigenvalue weighted by Gasteiger charge is -2.30. The molecule has 2 fully saturated rings. The van der Waals surface area contributed by atoms with Crippen LogP contribution in [0.25, 0.3) is 0 Å². The molecule has 0 unspecified atom stereocenters. The van der Waals surface area contributed by atoms with E-state index in [1.165, 1.54) is 0 Å². The molecule has 5 heteroatoms. The van der Waals surface area contributed by atoms with Crippen LogP contribution in [-0.4, -0.2) is 31.9 Å². The van der Waals surface area contributed by atoms with Crippen LogP contribution in [0, 0.1) is 17.8 Å². The number of fused-ring (bicyclic) bond motifs is 2. The largest absolute Gasteiger partial charge is 0.396 e. The molecule has 2 N–H and O–H groups in total. The zero-order valence-electron chi connectivity index (χ0n) is 10.4. The zero-order valence-corrected chi connectivity index (χ0v) is 11.2. The van der Waals surface area contributed by atoms with Crippen LogP contribution in [-0.2, 0) is 10.0 Å². The minimum absolute atomic E-state index is 0.0133. The van der Waals surface area contributed by atoms with E-state index in [0.29, 0.717) is 18.3 Å². The first kappa shape index (κ1) is 13.3. The van der Waals surface area contributed by atoms with E-state index < -0.39 is 10.0 Å². The predicted molar refractivity (Wildman–Crippen MR) is 67.0 cm³/mol. The summed E-state index contributed by atoms with van der Waals surface area (Å²) in [5.74, 6) is 1.35. The van der Waals surface area contributed by atoms with Crippen molar-refractivity contribution in [3.05, 3.63) is 0 Å². The van der Waals surface area contributed by atoms with Gasteiger partial charge in [0, 0.05) is 18.6 Å². The number of aliphatic hydroxyl groups is 1. The molecule has 0 radical (unpaired) electrons. The molecule has 2 bridgehead atoms. The fraction of sp³-hybridized carbons (Fsp3) is 1.00. The molecule has 0 saturated heterocycles. The van der Waals surface area contributed by atoms with Crippen molar-refractivity contribution in [3.63, 3.8) is 0 Å². The van der Waals surface area contributed by atoms with Crippen molar-refractivity contribution in [2.24, 2.45) is 17.8 Å². The summed E-state index contributed by atoms with van der Waals surface area (Å²) in [5, 5.41) is 9.40. The third-order valence-electron chi connectivity index (χ3n) is 4.38. The Morgan fingerprint density at radius 3 is 2.65 bits per heavy atom. The molecule has 0 amide bonds. The van der Waals surface area contributed by atoms with Gasteiger partial charge < -0.3 is 5.11 Å². The van der Waals surface area contributed by atoms with E-state index in [1.807, 2.05) is 6.92 Å². The maximum atomic E-state index is 11.9. The predicted octanol–water partition coefficient (Wildman–Crippen LogP) is 1.11. The SMILES string of the molecule is CCCCS(=O)(=O)N[C@H]1[C@@H]2CC[C@H](C2)[C@H]1CO. The van der Waals surface area contributed by atoms with Crippen molar-refractivity contribution >= 4 is 10.0 Å². The molecule has 2 rings (SSSR count). The Morgan fingerprint density at radius 2 is 2.00 bits per heavy atom. The second kappa shape index (κ2) is 5.24. The Labute approximate surface area is 104 Å². The van der Waals surface area contributed by atoms with Crippen LogP contribution in [0.2, 0.25) is 0 Å². The van der Waals surface area contributed by atoms with Crippen LogP contribution in [0.15, 0.2) is 0 Å². The molecular formula is C12H23NO3S. The molecule has 2 aliphatic carbocycles. The summed E-state index contributed by atoms with van der Waals surface area (Å²) in [4.78, 5) is 0. The van der Waals surface area contributed by atoms with E-state index in [2.05, 4.69) is 4.72 Å². The summed E-state index contributed by atoms with van der Waals surface area (Å²) in [5.41, 5.74) is 0. The fourth-order valence-electron chi connectivity index (χ4n) is 3.46. The lowest BCUT2D eigenvalue weighted by Crippen LogP contribution is -2.45. The van der Waals surface area contributed by atoms with E-state index in [9.17, 15) is 13.5 Å². The summed E-state index contributed by atoms with van der Waals surface area (Å²) in [6.45, 7) is 2.10. The lowest BCUT2D eigenvalue weighted by atomic mass is 9.86. The molecule has 0 spiro atoms. The number of nitrogens with one attached hydrogen (secondary N) is 1.